The summed E-state index contributed by atoms with van der Waals surface area (Å²) in [5.74, 6) is -0.0303. The topological polar surface area (TPSA) is 41.1 Å². The highest BCUT2D eigenvalue weighted by Gasteiger charge is 2.14. The van der Waals surface area contributed by atoms with E-state index < -0.39 is 0 Å². The molecule has 3 nitrogen and oxygen atoms in total. The van der Waals surface area contributed by atoms with Gasteiger partial charge in [0, 0.05) is 17.8 Å². The van der Waals surface area contributed by atoms with Gasteiger partial charge in [0.05, 0.1) is 0 Å². The molecule has 0 saturated heterocycles. The Morgan fingerprint density at radius 3 is 2.95 bits per heavy atom. The van der Waals surface area contributed by atoms with Gasteiger partial charge in [-0.2, -0.15) is 0 Å². The third-order valence-electron chi connectivity index (χ3n) is 3.99. The molecule has 1 aliphatic heterocycles. The zero-order valence-electron chi connectivity index (χ0n) is 12.3. The standard InChI is InChI=1S/C18H20N2O/c1-2-13-5-3-6-14(11-13)18(21)20-17-8-4-7-15-12-19-10-9-16(15)17/h3-8,11,19H,2,9-10,12H2,1H3,(H,20,21). The second kappa shape index (κ2) is 6.10. The summed E-state index contributed by atoms with van der Waals surface area (Å²) in [5, 5.41) is 6.43. The van der Waals surface area contributed by atoms with Crippen LogP contribution in [0.4, 0.5) is 5.69 Å². The van der Waals surface area contributed by atoms with Gasteiger partial charge in [-0.3, -0.25) is 4.79 Å². The minimum Gasteiger partial charge on any atom is -0.322 e. The Kier molecular flexibility index (Phi) is 4.02. The van der Waals surface area contributed by atoms with Gasteiger partial charge < -0.3 is 10.6 Å². The first-order valence-electron chi connectivity index (χ1n) is 7.49. The van der Waals surface area contributed by atoms with Crippen LogP contribution in [-0.4, -0.2) is 12.5 Å². The van der Waals surface area contributed by atoms with Crippen LogP contribution in [0.25, 0.3) is 0 Å². The van der Waals surface area contributed by atoms with Crippen molar-refractivity contribution in [3.05, 3.63) is 64.7 Å². The average Bonchev–Trinajstić information content (AvgIpc) is 2.55. The van der Waals surface area contributed by atoms with E-state index >= 15 is 0 Å². The van der Waals surface area contributed by atoms with Crippen molar-refractivity contribution in [2.24, 2.45) is 0 Å². The molecule has 0 spiro atoms. The molecular weight excluding hydrogens is 260 g/mol. The summed E-state index contributed by atoms with van der Waals surface area (Å²) in [6.07, 6.45) is 1.90. The van der Waals surface area contributed by atoms with Gasteiger partial charge in [0.15, 0.2) is 0 Å². The zero-order chi connectivity index (χ0) is 14.7. The third kappa shape index (κ3) is 2.98. The third-order valence-corrected chi connectivity index (χ3v) is 3.99. The van der Waals surface area contributed by atoms with Crippen molar-refractivity contribution in [2.45, 2.75) is 26.3 Å². The molecule has 1 heterocycles. The number of anilines is 1. The number of carbonyl (C=O) groups excluding carboxylic acids is 1. The smallest absolute Gasteiger partial charge is 0.255 e. The van der Waals surface area contributed by atoms with E-state index in [9.17, 15) is 4.79 Å². The number of aryl methyl sites for hydroxylation is 1. The summed E-state index contributed by atoms with van der Waals surface area (Å²) in [6, 6.07) is 13.9. The maximum atomic E-state index is 12.4. The molecule has 0 unspecified atom stereocenters. The average molecular weight is 280 g/mol. The second-order valence-corrected chi connectivity index (χ2v) is 5.38. The van der Waals surface area contributed by atoms with Crippen LogP contribution in [0.15, 0.2) is 42.5 Å². The Hall–Kier alpha value is -2.13. The van der Waals surface area contributed by atoms with Crippen molar-refractivity contribution in [1.82, 2.24) is 5.32 Å². The molecular formula is C18H20N2O. The Morgan fingerprint density at radius 1 is 1.24 bits per heavy atom. The van der Waals surface area contributed by atoms with E-state index in [0.29, 0.717) is 0 Å². The van der Waals surface area contributed by atoms with Crippen molar-refractivity contribution >= 4 is 11.6 Å². The maximum absolute atomic E-state index is 12.4. The van der Waals surface area contributed by atoms with Gasteiger partial charge in [-0.05, 0) is 54.3 Å². The lowest BCUT2D eigenvalue weighted by atomic mass is 9.99. The Balaban J connectivity index is 1.84. The van der Waals surface area contributed by atoms with Gasteiger partial charge in [0.25, 0.3) is 5.91 Å². The van der Waals surface area contributed by atoms with E-state index in [1.54, 1.807) is 0 Å². The fourth-order valence-corrected chi connectivity index (χ4v) is 2.78. The van der Waals surface area contributed by atoms with Crippen molar-refractivity contribution in [3.8, 4) is 0 Å². The summed E-state index contributed by atoms with van der Waals surface area (Å²) >= 11 is 0. The summed E-state index contributed by atoms with van der Waals surface area (Å²) in [6.45, 7) is 3.94. The van der Waals surface area contributed by atoms with Crippen LogP contribution in [0.2, 0.25) is 0 Å². The van der Waals surface area contributed by atoms with E-state index in [0.717, 1.165) is 37.2 Å². The van der Waals surface area contributed by atoms with Crippen molar-refractivity contribution < 1.29 is 4.79 Å². The molecule has 2 aromatic rings. The predicted octanol–water partition coefficient (Wildman–Crippen LogP) is 3.15. The highest BCUT2D eigenvalue weighted by Crippen LogP contribution is 2.23. The predicted molar refractivity (Wildman–Crippen MR) is 85.6 cm³/mol. The number of rotatable bonds is 3. The van der Waals surface area contributed by atoms with Crippen LogP contribution >= 0.6 is 0 Å². The van der Waals surface area contributed by atoms with Crippen LogP contribution in [0.5, 0.6) is 0 Å². The van der Waals surface area contributed by atoms with Gasteiger partial charge in [-0.25, -0.2) is 0 Å². The highest BCUT2D eigenvalue weighted by atomic mass is 16.1. The Morgan fingerprint density at radius 2 is 2.10 bits per heavy atom. The second-order valence-electron chi connectivity index (χ2n) is 5.38. The number of nitrogens with one attached hydrogen (secondary N) is 2. The monoisotopic (exact) mass is 280 g/mol. The molecule has 0 aliphatic carbocycles. The maximum Gasteiger partial charge on any atom is 0.255 e. The molecule has 3 rings (SSSR count). The molecule has 0 radical (unpaired) electrons. The molecule has 108 valence electrons. The van der Waals surface area contributed by atoms with E-state index in [-0.39, 0.29) is 5.91 Å². The SMILES string of the molecule is CCc1cccc(C(=O)Nc2cccc3c2CCNC3)c1. The van der Waals surface area contributed by atoms with Crippen LogP contribution in [-0.2, 0) is 19.4 Å². The van der Waals surface area contributed by atoms with Gasteiger partial charge in [0.2, 0.25) is 0 Å². The van der Waals surface area contributed by atoms with Gasteiger partial charge in [0.1, 0.15) is 0 Å². The molecule has 0 aromatic heterocycles. The van der Waals surface area contributed by atoms with E-state index in [2.05, 4.69) is 23.6 Å². The van der Waals surface area contributed by atoms with Crippen molar-refractivity contribution in [2.75, 3.05) is 11.9 Å². The fourth-order valence-electron chi connectivity index (χ4n) is 2.78. The first kappa shape index (κ1) is 13.8. The summed E-state index contributed by atoms with van der Waals surface area (Å²) in [5.41, 5.74) is 5.39. The summed E-state index contributed by atoms with van der Waals surface area (Å²) in [4.78, 5) is 12.4. The number of hydrogen-bond donors (Lipinski definition) is 2. The molecule has 1 amide bonds. The zero-order valence-corrected chi connectivity index (χ0v) is 12.3. The number of hydrogen-bond acceptors (Lipinski definition) is 2. The van der Waals surface area contributed by atoms with Crippen LogP contribution < -0.4 is 10.6 Å². The quantitative estimate of drug-likeness (QED) is 0.907. The molecule has 0 atom stereocenters. The number of carbonyl (C=O) groups is 1. The van der Waals surface area contributed by atoms with Gasteiger partial charge >= 0.3 is 0 Å². The Bertz CT molecular complexity index is 664. The van der Waals surface area contributed by atoms with E-state index in [1.165, 1.54) is 16.7 Å². The molecule has 2 aromatic carbocycles. The van der Waals surface area contributed by atoms with Crippen molar-refractivity contribution in [3.63, 3.8) is 0 Å². The van der Waals surface area contributed by atoms with Crippen molar-refractivity contribution in [1.29, 1.82) is 0 Å². The lowest BCUT2D eigenvalue weighted by Crippen LogP contribution is -2.25. The number of benzene rings is 2. The van der Waals surface area contributed by atoms with Crippen LogP contribution in [0, 0.1) is 0 Å². The lowest BCUT2D eigenvalue weighted by molar-refractivity contribution is 0.102. The van der Waals surface area contributed by atoms with E-state index in [4.69, 9.17) is 0 Å². The molecule has 1 aliphatic rings. The van der Waals surface area contributed by atoms with E-state index in [1.807, 2.05) is 36.4 Å². The minimum atomic E-state index is -0.0303. The summed E-state index contributed by atoms with van der Waals surface area (Å²) < 4.78 is 0. The molecule has 3 heteroatoms. The summed E-state index contributed by atoms with van der Waals surface area (Å²) in [7, 11) is 0. The largest absolute Gasteiger partial charge is 0.322 e. The molecule has 21 heavy (non-hydrogen) atoms. The van der Waals surface area contributed by atoms with Gasteiger partial charge in [-0.1, -0.05) is 31.2 Å². The molecule has 0 fully saturated rings. The normalized spacial score (nSPS) is 13.6. The number of amides is 1. The molecule has 2 N–H and O–H groups in total. The highest BCUT2D eigenvalue weighted by molar-refractivity contribution is 6.04. The molecule has 0 bridgehead atoms. The van der Waals surface area contributed by atoms with Gasteiger partial charge in [-0.15, -0.1) is 0 Å². The lowest BCUT2D eigenvalue weighted by Gasteiger charge is -2.20. The van der Waals surface area contributed by atoms with Crippen LogP contribution in [0.3, 0.4) is 0 Å². The van der Waals surface area contributed by atoms with Crippen LogP contribution in [0.1, 0.15) is 34.0 Å². The number of fused-ring (bicyclic) bond motifs is 1. The first-order valence-corrected chi connectivity index (χ1v) is 7.49. The fraction of sp³-hybridized carbons (Fsp3) is 0.278. The first-order chi connectivity index (χ1) is 10.3. The molecule has 0 saturated carbocycles. The minimum absolute atomic E-state index is 0.0303. The Labute approximate surface area is 125 Å².